The molecule has 0 aromatic carbocycles. The summed E-state index contributed by atoms with van der Waals surface area (Å²) in [5.74, 6) is 0.514. The third-order valence-corrected chi connectivity index (χ3v) is 2.03. The molecule has 0 aliphatic rings. The lowest BCUT2D eigenvalue weighted by Gasteiger charge is -1.90. The number of tetrazole rings is 1. The first kappa shape index (κ1) is 13.3. The summed E-state index contributed by atoms with van der Waals surface area (Å²) in [4.78, 5) is 0. The summed E-state index contributed by atoms with van der Waals surface area (Å²) in [7, 11) is 4.48. The van der Waals surface area contributed by atoms with Gasteiger partial charge >= 0.3 is 0 Å². The van der Waals surface area contributed by atoms with Gasteiger partial charge in [-0.05, 0) is 17.8 Å². The van der Waals surface area contributed by atoms with Crippen molar-refractivity contribution in [2.24, 2.45) is 0 Å². The molecule has 0 spiro atoms. The molecule has 0 fully saturated rings. The van der Waals surface area contributed by atoms with E-state index in [-0.39, 0.29) is 0 Å². The van der Waals surface area contributed by atoms with E-state index in [0.717, 1.165) is 0 Å². The molecule has 5 nitrogen and oxygen atoms in total. The van der Waals surface area contributed by atoms with E-state index in [0.29, 0.717) is 5.95 Å². The Hall–Kier alpha value is -0.700. The molecule has 0 radical (unpaired) electrons. The molecule has 82 valence electrons. The van der Waals surface area contributed by atoms with Crippen molar-refractivity contribution in [1.29, 1.82) is 0 Å². The number of anilines is 1. The fourth-order valence-electron chi connectivity index (χ4n) is 0.839. The van der Waals surface area contributed by atoms with Gasteiger partial charge in [-0.25, -0.2) is 0 Å². The molecular formula is C8H20N5P. The Labute approximate surface area is 87.6 Å². The lowest BCUT2D eigenvalue weighted by Crippen LogP contribution is -1.88. The molecule has 0 amide bonds. The van der Waals surface area contributed by atoms with Crippen LogP contribution in [0.2, 0.25) is 0 Å². The number of H-pyrrole nitrogens is 1. The Morgan fingerprint density at radius 1 is 1.36 bits per heavy atom. The van der Waals surface area contributed by atoms with Crippen LogP contribution in [0.1, 0.15) is 32.6 Å². The van der Waals surface area contributed by atoms with Gasteiger partial charge in [0.25, 0.3) is 5.95 Å². The maximum atomic E-state index is 3.58. The molecule has 0 aliphatic heterocycles. The van der Waals surface area contributed by atoms with Crippen LogP contribution in [0.4, 0.5) is 5.95 Å². The lowest BCUT2D eigenvalue weighted by atomic mass is 10.2. The molecule has 0 bridgehead atoms. The van der Waals surface area contributed by atoms with Crippen LogP contribution in [0.15, 0.2) is 0 Å². The van der Waals surface area contributed by atoms with Gasteiger partial charge in [0.2, 0.25) is 0 Å². The van der Waals surface area contributed by atoms with E-state index in [4.69, 9.17) is 0 Å². The van der Waals surface area contributed by atoms with Crippen molar-refractivity contribution in [3.63, 3.8) is 0 Å². The minimum Gasteiger partial charge on any atom is -0.355 e. The highest BCUT2D eigenvalue weighted by atomic mass is 31.0. The van der Waals surface area contributed by atoms with Gasteiger partial charge in [0.15, 0.2) is 0 Å². The number of aromatic amines is 1. The third kappa shape index (κ3) is 7.92. The molecule has 1 atom stereocenters. The first-order valence-corrected chi connectivity index (χ1v) is 5.78. The Balaban J connectivity index is 0.000000241. The summed E-state index contributed by atoms with van der Waals surface area (Å²) in [6.07, 6.45) is 6.84. The second-order valence-electron chi connectivity index (χ2n) is 2.83. The van der Waals surface area contributed by atoms with Crippen LogP contribution in [-0.4, -0.2) is 33.8 Å². The van der Waals surface area contributed by atoms with Crippen LogP contribution in [-0.2, 0) is 0 Å². The minimum absolute atomic E-state index is 0.514. The average molecular weight is 217 g/mol. The number of nitrogens with zero attached hydrogens (tertiary/aromatic N) is 3. The smallest absolute Gasteiger partial charge is 0.262 e. The minimum atomic E-state index is 0.514. The van der Waals surface area contributed by atoms with Crippen molar-refractivity contribution < 1.29 is 0 Å². The van der Waals surface area contributed by atoms with E-state index >= 15 is 0 Å². The van der Waals surface area contributed by atoms with E-state index in [1.807, 2.05) is 0 Å². The van der Waals surface area contributed by atoms with Crippen molar-refractivity contribution >= 4 is 15.2 Å². The van der Waals surface area contributed by atoms with Crippen LogP contribution >= 0.6 is 9.24 Å². The summed E-state index contributed by atoms with van der Waals surface area (Å²) >= 11 is 0. The standard InChI is InChI=1S/C6H15P.C2H5N5/c1-2-3-4-5-6-7;1-3-2-4-6-7-5-2/h2-7H2,1H3;1H3,(H2,3,4,5,6,7). The van der Waals surface area contributed by atoms with Crippen LogP contribution in [0.3, 0.4) is 0 Å². The average Bonchev–Trinajstić information content (AvgIpc) is 2.72. The van der Waals surface area contributed by atoms with Crippen molar-refractivity contribution in [2.45, 2.75) is 32.6 Å². The molecule has 1 aromatic heterocycles. The van der Waals surface area contributed by atoms with Gasteiger partial charge in [-0.2, -0.15) is 5.21 Å². The zero-order chi connectivity index (χ0) is 10.6. The molecule has 0 saturated carbocycles. The number of rotatable bonds is 5. The van der Waals surface area contributed by atoms with Crippen LogP contribution in [0, 0.1) is 0 Å². The van der Waals surface area contributed by atoms with E-state index in [9.17, 15) is 0 Å². The first-order valence-electron chi connectivity index (χ1n) is 4.96. The fraction of sp³-hybridized carbons (Fsp3) is 0.875. The topological polar surface area (TPSA) is 66.5 Å². The van der Waals surface area contributed by atoms with Gasteiger partial charge in [-0.15, -0.1) is 14.3 Å². The second kappa shape index (κ2) is 10.4. The van der Waals surface area contributed by atoms with E-state index in [2.05, 4.69) is 42.1 Å². The number of aromatic nitrogens is 4. The highest BCUT2D eigenvalue weighted by Crippen LogP contribution is 2.00. The molecule has 1 rings (SSSR count). The SMILES string of the molecule is CCCCCCP.CNc1nn[nH]n1. The zero-order valence-corrected chi connectivity index (χ0v) is 10.1. The fourth-order valence-corrected chi connectivity index (χ4v) is 1.13. The number of hydrogen-bond acceptors (Lipinski definition) is 4. The van der Waals surface area contributed by atoms with E-state index in [1.165, 1.54) is 31.8 Å². The summed E-state index contributed by atoms with van der Waals surface area (Å²) in [6.45, 7) is 2.24. The van der Waals surface area contributed by atoms with Crippen molar-refractivity contribution in [2.75, 3.05) is 18.5 Å². The number of nitrogens with one attached hydrogen (secondary N) is 2. The van der Waals surface area contributed by atoms with Gasteiger partial charge in [0.1, 0.15) is 0 Å². The molecule has 2 N–H and O–H groups in total. The predicted octanol–water partition coefficient (Wildman–Crippen LogP) is 1.68. The Morgan fingerprint density at radius 2 is 2.14 bits per heavy atom. The van der Waals surface area contributed by atoms with Crippen molar-refractivity contribution in [3.8, 4) is 0 Å². The van der Waals surface area contributed by atoms with Crippen LogP contribution in [0.25, 0.3) is 0 Å². The normalized spacial score (nSPS) is 9.07. The van der Waals surface area contributed by atoms with Crippen molar-refractivity contribution in [1.82, 2.24) is 20.6 Å². The molecule has 1 aromatic rings. The Kier molecular flexibility index (Phi) is 9.86. The zero-order valence-electron chi connectivity index (χ0n) is 8.95. The predicted molar refractivity (Wildman–Crippen MR) is 62.4 cm³/mol. The summed E-state index contributed by atoms with van der Waals surface area (Å²) in [5.41, 5.74) is 0. The van der Waals surface area contributed by atoms with Gasteiger partial charge in [0, 0.05) is 7.05 Å². The monoisotopic (exact) mass is 217 g/mol. The van der Waals surface area contributed by atoms with E-state index < -0.39 is 0 Å². The molecule has 0 aliphatic carbocycles. The molecular weight excluding hydrogens is 197 g/mol. The molecule has 1 unspecified atom stereocenters. The molecule has 1 heterocycles. The Morgan fingerprint density at radius 3 is 2.50 bits per heavy atom. The van der Waals surface area contributed by atoms with Crippen molar-refractivity contribution in [3.05, 3.63) is 0 Å². The largest absolute Gasteiger partial charge is 0.355 e. The first-order chi connectivity index (χ1) is 6.85. The maximum absolute atomic E-state index is 3.58. The molecule has 14 heavy (non-hydrogen) atoms. The highest BCUT2D eigenvalue weighted by molar-refractivity contribution is 7.16. The summed E-state index contributed by atoms with van der Waals surface area (Å²) in [6, 6.07) is 0. The maximum Gasteiger partial charge on any atom is 0.262 e. The van der Waals surface area contributed by atoms with Crippen LogP contribution in [0.5, 0.6) is 0 Å². The Bertz CT molecular complexity index is 186. The number of hydrogen-bond donors (Lipinski definition) is 2. The summed E-state index contributed by atoms with van der Waals surface area (Å²) in [5, 5.41) is 15.4. The quantitative estimate of drug-likeness (QED) is 0.581. The molecule has 6 heteroatoms. The van der Waals surface area contributed by atoms with Gasteiger partial charge in [-0.1, -0.05) is 31.3 Å². The second-order valence-corrected chi connectivity index (χ2v) is 3.41. The molecule has 0 saturated heterocycles. The van der Waals surface area contributed by atoms with Gasteiger partial charge < -0.3 is 5.32 Å². The highest BCUT2D eigenvalue weighted by Gasteiger charge is 1.85. The number of unbranched alkanes of at least 4 members (excludes halogenated alkanes) is 3. The van der Waals surface area contributed by atoms with Crippen LogP contribution < -0.4 is 5.32 Å². The summed E-state index contributed by atoms with van der Waals surface area (Å²) < 4.78 is 0. The van der Waals surface area contributed by atoms with Gasteiger partial charge in [0.05, 0.1) is 0 Å². The van der Waals surface area contributed by atoms with Gasteiger partial charge in [-0.3, -0.25) is 0 Å². The van der Waals surface area contributed by atoms with E-state index in [1.54, 1.807) is 7.05 Å². The third-order valence-electron chi connectivity index (χ3n) is 1.63. The lowest BCUT2D eigenvalue weighted by molar-refractivity contribution is 0.706.